The number of halogens is 1. The summed E-state index contributed by atoms with van der Waals surface area (Å²) in [6.45, 7) is 1.15. The molecule has 0 spiro atoms. The Labute approximate surface area is 76.3 Å². The van der Waals surface area contributed by atoms with E-state index in [-0.39, 0.29) is 25.2 Å². The van der Waals surface area contributed by atoms with Crippen LogP contribution in [0.3, 0.4) is 0 Å². The van der Waals surface area contributed by atoms with Crippen molar-refractivity contribution < 1.29 is 18.7 Å². The number of esters is 1. The van der Waals surface area contributed by atoms with Crippen LogP contribution in [0.4, 0.5) is 4.39 Å². The average Bonchev–Trinajstić information content (AvgIpc) is 2.45. The second-order valence-corrected chi connectivity index (χ2v) is 3.32. The summed E-state index contributed by atoms with van der Waals surface area (Å²) >= 11 is 0. The molecule has 0 N–H and O–H groups in total. The van der Waals surface area contributed by atoms with E-state index >= 15 is 0 Å². The lowest BCUT2D eigenvalue weighted by molar-refractivity contribution is -0.151. The SMILES string of the molecule is CC(=O)C1(CCCF)CCOC1=O. The normalized spacial score (nSPS) is 27.4. The summed E-state index contributed by atoms with van der Waals surface area (Å²) in [6.07, 6.45) is 0.924. The van der Waals surface area contributed by atoms with Crippen molar-refractivity contribution in [1.29, 1.82) is 0 Å². The van der Waals surface area contributed by atoms with E-state index in [1.54, 1.807) is 0 Å². The molecule has 13 heavy (non-hydrogen) atoms. The molecule has 1 rings (SSSR count). The fourth-order valence-corrected chi connectivity index (χ4v) is 1.65. The van der Waals surface area contributed by atoms with E-state index in [4.69, 9.17) is 4.74 Å². The molecule has 0 bridgehead atoms. The maximum Gasteiger partial charge on any atom is 0.319 e. The number of rotatable bonds is 4. The molecule has 0 aromatic rings. The molecule has 1 unspecified atom stereocenters. The van der Waals surface area contributed by atoms with Crippen LogP contribution in [0.15, 0.2) is 0 Å². The molecule has 1 heterocycles. The molecule has 0 saturated carbocycles. The van der Waals surface area contributed by atoms with E-state index in [1.807, 2.05) is 0 Å². The lowest BCUT2D eigenvalue weighted by Crippen LogP contribution is -2.34. The number of hydrogen-bond donors (Lipinski definition) is 0. The molecule has 1 fully saturated rings. The minimum atomic E-state index is -1.04. The summed E-state index contributed by atoms with van der Waals surface area (Å²) in [5.41, 5.74) is -1.04. The minimum absolute atomic E-state index is 0.205. The monoisotopic (exact) mass is 188 g/mol. The second-order valence-electron chi connectivity index (χ2n) is 3.32. The summed E-state index contributed by atoms with van der Waals surface area (Å²) in [6, 6.07) is 0. The molecule has 4 heteroatoms. The van der Waals surface area contributed by atoms with Crippen LogP contribution in [0.2, 0.25) is 0 Å². The number of ether oxygens (including phenoxy) is 1. The van der Waals surface area contributed by atoms with Gasteiger partial charge in [-0.15, -0.1) is 0 Å². The summed E-state index contributed by atoms with van der Waals surface area (Å²) in [7, 11) is 0. The van der Waals surface area contributed by atoms with Crippen molar-refractivity contribution in [2.45, 2.75) is 26.2 Å². The number of cyclic esters (lactones) is 1. The van der Waals surface area contributed by atoms with Gasteiger partial charge in [-0.05, 0) is 19.8 Å². The van der Waals surface area contributed by atoms with Crippen LogP contribution < -0.4 is 0 Å². The molecule has 1 saturated heterocycles. The number of alkyl halides is 1. The zero-order chi connectivity index (χ0) is 9.90. The van der Waals surface area contributed by atoms with Crippen LogP contribution in [0.25, 0.3) is 0 Å². The third-order valence-electron chi connectivity index (χ3n) is 2.56. The molecular weight excluding hydrogens is 175 g/mol. The zero-order valence-corrected chi connectivity index (χ0v) is 7.64. The van der Waals surface area contributed by atoms with Crippen molar-refractivity contribution in [3.8, 4) is 0 Å². The van der Waals surface area contributed by atoms with Gasteiger partial charge in [-0.2, -0.15) is 0 Å². The third-order valence-corrected chi connectivity index (χ3v) is 2.56. The first-order valence-corrected chi connectivity index (χ1v) is 4.38. The fourth-order valence-electron chi connectivity index (χ4n) is 1.65. The van der Waals surface area contributed by atoms with E-state index in [0.29, 0.717) is 6.42 Å². The first-order chi connectivity index (χ1) is 6.13. The second kappa shape index (κ2) is 3.85. The molecule has 0 aliphatic carbocycles. The van der Waals surface area contributed by atoms with Gasteiger partial charge in [-0.3, -0.25) is 14.0 Å². The van der Waals surface area contributed by atoms with E-state index < -0.39 is 18.1 Å². The highest BCUT2D eigenvalue weighted by molar-refractivity contribution is 6.03. The molecule has 0 aromatic heterocycles. The molecule has 0 amide bonds. The quantitative estimate of drug-likeness (QED) is 0.492. The first-order valence-electron chi connectivity index (χ1n) is 4.38. The lowest BCUT2D eigenvalue weighted by Gasteiger charge is -2.19. The first kappa shape index (κ1) is 10.2. The van der Waals surface area contributed by atoms with E-state index in [2.05, 4.69) is 0 Å². The van der Waals surface area contributed by atoms with E-state index in [1.165, 1.54) is 6.92 Å². The Morgan fingerprint density at radius 1 is 1.69 bits per heavy atom. The Bertz CT molecular complexity index is 227. The highest BCUT2D eigenvalue weighted by Gasteiger charge is 2.48. The largest absolute Gasteiger partial charge is 0.465 e. The molecule has 74 valence electrons. The summed E-state index contributed by atoms with van der Waals surface area (Å²) in [5.74, 6) is -0.683. The fraction of sp³-hybridized carbons (Fsp3) is 0.778. The van der Waals surface area contributed by atoms with E-state index in [9.17, 15) is 14.0 Å². The molecule has 3 nitrogen and oxygen atoms in total. The molecule has 0 radical (unpaired) electrons. The van der Waals surface area contributed by atoms with Crippen molar-refractivity contribution in [2.75, 3.05) is 13.3 Å². The van der Waals surface area contributed by atoms with Crippen molar-refractivity contribution in [1.82, 2.24) is 0 Å². The molecule has 1 aliphatic heterocycles. The smallest absolute Gasteiger partial charge is 0.319 e. The number of carbonyl (C=O) groups excluding carboxylic acids is 2. The van der Waals surface area contributed by atoms with Crippen LogP contribution in [-0.2, 0) is 14.3 Å². The Morgan fingerprint density at radius 3 is 2.77 bits per heavy atom. The maximum absolute atomic E-state index is 11.9. The van der Waals surface area contributed by atoms with Crippen molar-refractivity contribution in [2.24, 2.45) is 5.41 Å². The summed E-state index contributed by atoms with van der Waals surface area (Å²) < 4.78 is 16.7. The van der Waals surface area contributed by atoms with Gasteiger partial charge in [0.05, 0.1) is 13.3 Å². The van der Waals surface area contributed by atoms with Gasteiger partial charge in [0.2, 0.25) is 0 Å². The Balaban J connectivity index is 2.74. The Kier molecular flexibility index (Phi) is 3.01. The van der Waals surface area contributed by atoms with Gasteiger partial charge in [0.25, 0.3) is 0 Å². The number of hydrogen-bond acceptors (Lipinski definition) is 3. The van der Waals surface area contributed by atoms with Gasteiger partial charge in [-0.1, -0.05) is 0 Å². The van der Waals surface area contributed by atoms with Gasteiger partial charge < -0.3 is 4.74 Å². The van der Waals surface area contributed by atoms with Gasteiger partial charge in [-0.25, -0.2) is 0 Å². The predicted octanol–water partition coefficient (Wildman–Crippen LogP) is 1.26. The van der Waals surface area contributed by atoms with Gasteiger partial charge in [0.1, 0.15) is 11.2 Å². The minimum Gasteiger partial charge on any atom is -0.465 e. The lowest BCUT2D eigenvalue weighted by atomic mass is 9.78. The van der Waals surface area contributed by atoms with Crippen LogP contribution in [0.5, 0.6) is 0 Å². The van der Waals surface area contributed by atoms with Crippen LogP contribution in [0.1, 0.15) is 26.2 Å². The molecular formula is C9H13FO3. The molecule has 1 atom stereocenters. The van der Waals surface area contributed by atoms with Crippen LogP contribution in [-0.4, -0.2) is 25.0 Å². The van der Waals surface area contributed by atoms with Crippen molar-refractivity contribution in [3.05, 3.63) is 0 Å². The number of ketones is 1. The van der Waals surface area contributed by atoms with Gasteiger partial charge in [0, 0.05) is 6.42 Å². The highest BCUT2D eigenvalue weighted by atomic mass is 19.1. The van der Waals surface area contributed by atoms with Crippen molar-refractivity contribution in [3.63, 3.8) is 0 Å². The van der Waals surface area contributed by atoms with Gasteiger partial charge in [0.15, 0.2) is 0 Å². The molecule has 1 aliphatic rings. The Morgan fingerprint density at radius 2 is 2.38 bits per heavy atom. The maximum atomic E-state index is 11.9. The van der Waals surface area contributed by atoms with Gasteiger partial charge >= 0.3 is 5.97 Å². The van der Waals surface area contributed by atoms with Crippen LogP contribution >= 0.6 is 0 Å². The zero-order valence-electron chi connectivity index (χ0n) is 7.64. The predicted molar refractivity (Wildman–Crippen MR) is 43.9 cm³/mol. The Hall–Kier alpha value is -0.930. The standard InChI is InChI=1S/C9H13FO3/c1-7(11)9(3-2-5-10)4-6-13-8(9)12/h2-6H2,1H3. The summed E-state index contributed by atoms with van der Waals surface area (Å²) in [4.78, 5) is 22.5. The third kappa shape index (κ3) is 1.71. The number of Topliss-reactive ketones (excluding diaryl/α,β-unsaturated/α-hetero) is 1. The van der Waals surface area contributed by atoms with E-state index in [0.717, 1.165) is 0 Å². The number of carbonyl (C=O) groups is 2. The average molecular weight is 188 g/mol. The highest BCUT2D eigenvalue weighted by Crippen LogP contribution is 2.35. The molecule has 0 aromatic carbocycles. The van der Waals surface area contributed by atoms with Crippen molar-refractivity contribution >= 4 is 11.8 Å². The summed E-state index contributed by atoms with van der Waals surface area (Å²) in [5, 5.41) is 0. The van der Waals surface area contributed by atoms with Crippen LogP contribution in [0, 0.1) is 5.41 Å². The topological polar surface area (TPSA) is 43.4 Å².